The zero-order valence-corrected chi connectivity index (χ0v) is 12.4. The summed E-state index contributed by atoms with van der Waals surface area (Å²) < 4.78 is 1.67. The molecule has 0 saturated carbocycles. The van der Waals surface area contributed by atoms with Gasteiger partial charge in [0.25, 0.3) is 0 Å². The second kappa shape index (κ2) is 6.81. The van der Waals surface area contributed by atoms with E-state index in [1.807, 2.05) is 41.4 Å². The molecule has 2 aromatic rings. The van der Waals surface area contributed by atoms with Gasteiger partial charge in [0.15, 0.2) is 0 Å². The number of rotatable bonds is 5. The number of imide groups is 1. The number of carbonyl (C=O) groups excluding carboxylic acids is 2. The Morgan fingerprint density at radius 2 is 2.05 bits per heavy atom. The van der Waals surface area contributed by atoms with Crippen molar-refractivity contribution < 1.29 is 9.59 Å². The van der Waals surface area contributed by atoms with Crippen LogP contribution in [0.5, 0.6) is 0 Å². The highest BCUT2D eigenvalue weighted by Crippen LogP contribution is 2.19. The standard InChI is InChI=1S/C14H18N6O2/c1-10(19(2)7-13(21)18-14(15)22)11-3-5-12(6-4-11)20-9-16-8-17-20/h3-6,8-10H,7H2,1-2H3,(H3,15,18,21,22)/t10-/m0/s1. The molecule has 0 radical (unpaired) electrons. The van der Waals surface area contributed by atoms with Crippen LogP contribution in [0.4, 0.5) is 4.79 Å². The zero-order chi connectivity index (χ0) is 16.1. The van der Waals surface area contributed by atoms with E-state index >= 15 is 0 Å². The van der Waals surface area contributed by atoms with E-state index in [4.69, 9.17) is 5.73 Å². The Morgan fingerprint density at radius 3 is 2.59 bits per heavy atom. The van der Waals surface area contributed by atoms with Crippen LogP contribution in [-0.4, -0.2) is 45.2 Å². The van der Waals surface area contributed by atoms with Crippen molar-refractivity contribution in [2.75, 3.05) is 13.6 Å². The topological polar surface area (TPSA) is 106 Å². The summed E-state index contributed by atoms with van der Waals surface area (Å²) in [5.41, 5.74) is 6.86. The van der Waals surface area contributed by atoms with E-state index in [-0.39, 0.29) is 12.6 Å². The summed E-state index contributed by atoms with van der Waals surface area (Å²) in [6.45, 7) is 2.05. The van der Waals surface area contributed by atoms with Crippen molar-refractivity contribution in [1.29, 1.82) is 0 Å². The first kappa shape index (κ1) is 15.6. The molecule has 0 aliphatic carbocycles. The molecule has 22 heavy (non-hydrogen) atoms. The van der Waals surface area contributed by atoms with Gasteiger partial charge in [-0.05, 0) is 31.7 Å². The minimum atomic E-state index is -0.844. The lowest BCUT2D eigenvalue weighted by Gasteiger charge is -2.24. The highest BCUT2D eigenvalue weighted by Gasteiger charge is 2.15. The lowest BCUT2D eigenvalue weighted by molar-refractivity contribution is -0.121. The monoisotopic (exact) mass is 302 g/mol. The Hall–Kier alpha value is -2.74. The number of nitrogens with zero attached hydrogens (tertiary/aromatic N) is 4. The minimum absolute atomic E-state index is 0.00317. The van der Waals surface area contributed by atoms with E-state index in [1.165, 1.54) is 6.33 Å². The van der Waals surface area contributed by atoms with Crippen LogP contribution in [0.2, 0.25) is 0 Å². The molecule has 3 amide bonds. The molecule has 0 bridgehead atoms. The summed E-state index contributed by atoms with van der Waals surface area (Å²) >= 11 is 0. The maximum Gasteiger partial charge on any atom is 0.318 e. The molecule has 0 fully saturated rings. The maximum absolute atomic E-state index is 11.5. The average Bonchev–Trinajstić information content (AvgIpc) is 2.99. The fraction of sp³-hybridized carbons (Fsp3) is 0.286. The highest BCUT2D eigenvalue weighted by atomic mass is 16.2. The van der Waals surface area contributed by atoms with Gasteiger partial charge in [-0.3, -0.25) is 15.0 Å². The number of aromatic nitrogens is 3. The Labute approximate surface area is 127 Å². The number of primary amides is 1. The highest BCUT2D eigenvalue weighted by molar-refractivity contribution is 5.94. The zero-order valence-electron chi connectivity index (χ0n) is 12.4. The summed E-state index contributed by atoms with van der Waals surface area (Å²) in [5, 5.41) is 6.11. The molecule has 0 saturated heterocycles. The molecule has 3 N–H and O–H groups in total. The SMILES string of the molecule is C[C@@H](c1ccc(-n2cncn2)cc1)N(C)CC(=O)NC(N)=O. The molecule has 0 aliphatic rings. The molecule has 1 heterocycles. The number of hydrogen-bond donors (Lipinski definition) is 2. The third-order valence-corrected chi connectivity index (χ3v) is 3.38. The fourth-order valence-electron chi connectivity index (χ4n) is 2.04. The second-order valence-electron chi connectivity index (χ2n) is 4.94. The van der Waals surface area contributed by atoms with Crippen molar-refractivity contribution in [3.63, 3.8) is 0 Å². The number of carbonyl (C=O) groups is 2. The molecule has 8 heteroatoms. The van der Waals surface area contributed by atoms with Gasteiger partial charge in [0.05, 0.1) is 12.2 Å². The second-order valence-corrected chi connectivity index (χ2v) is 4.94. The van der Waals surface area contributed by atoms with Crippen molar-refractivity contribution in [1.82, 2.24) is 25.0 Å². The predicted molar refractivity (Wildman–Crippen MR) is 80.1 cm³/mol. The maximum atomic E-state index is 11.5. The Kier molecular flexibility index (Phi) is 4.84. The van der Waals surface area contributed by atoms with Crippen LogP contribution in [0.15, 0.2) is 36.9 Å². The normalized spacial score (nSPS) is 12.1. The van der Waals surface area contributed by atoms with Crippen LogP contribution in [0, 0.1) is 0 Å². The first-order valence-corrected chi connectivity index (χ1v) is 6.72. The predicted octanol–water partition coefficient (Wildman–Crippen LogP) is 0.455. The lowest BCUT2D eigenvalue weighted by atomic mass is 10.1. The number of nitrogens with two attached hydrogens (primary N) is 1. The molecule has 0 spiro atoms. The average molecular weight is 302 g/mol. The number of hydrogen-bond acceptors (Lipinski definition) is 5. The van der Waals surface area contributed by atoms with E-state index in [0.717, 1.165) is 11.3 Å². The van der Waals surface area contributed by atoms with Crippen LogP contribution >= 0.6 is 0 Å². The van der Waals surface area contributed by atoms with Crippen molar-refractivity contribution in [3.05, 3.63) is 42.5 Å². The van der Waals surface area contributed by atoms with Gasteiger partial charge in [-0.25, -0.2) is 14.5 Å². The van der Waals surface area contributed by atoms with Crippen molar-refractivity contribution in [2.45, 2.75) is 13.0 Å². The van der Waals surface area contributed by atoms with Crippen molar-refractivity contribution in [2.24, 2.45) is 5.73 Å². The summed E-state index contributed by atoms with van der Waals surface area (Å²) in [6, 6.07) is 6.94. The molecule has 0 aliphatic heterocycles. The number of nitrogens with one attached hydrogen (secondary N) is 1. The third kappa shape index (κ3) is 3.89. The largest absolute Gasteiger partial charge is 0.351 e. The summed E-state index contributed by atoms with van der Waals surface area (Å²) in [5.74, 6) is -0.430. The van der Waals surface area contributed by atoms with Gasteiger partial charge in [0, 0.05) is 6.04 Å². The van der Waals surface area contributed by atoms with Crippen molar-refractivity contribution >= 4 is 11.9 Å². The van der Waals surface area contributed by atoms with Gasteiger partial charge in [-0.2, -0.15) is 5.10 Å². The van der Waals surface area contributed by atoms with E-state index in [1.54, 1.807) is 18.1 Å². The van der Waals surface area contributed by atoms with E-state index in [2.05, 4.69) is 10.1 Å². The van der Waals surface area contributed by atoms with Gasteiger partial charge in [-0.15, -0.1) is 0 Å². The van der Waals surface area contributed by atoms with Crippen LogP contribution in [0.1, 0.15) is 18.5 Å². The number of likely N-dealkylation sites (N-methyl/N-ethyl adjacent to an activating group) is 1. The van der Waals surface area contributed by atoms with E-state index in [9.17, 15) is 9.59 Å². The molecule has 2 rings (SSSR count). The van der Waals surface area contributed by atoms with Crippen LogP contribution < -0.4 is 11.1 Å². The molecule has 116 valence electrons. The molecular formula is C14H18N6O2. The van der Waals surface area contributed by atoms with Gasteiger partial charge < -0.3 is 5.73 Å². The van der Waals surface area contributed by atoms with Gasteiger partial charge in [0.1, 0.15) is 12.7 Å². The Bertz CT molecular complexity index is 638. The summed E-state index contributed by atoms with van der Waals surface area (Å²) in [4.78, 5) is 27.9. The van der Waals surface area contributed by atoms with Gasteiger partial charge in [-0.1, -0.05) is 12.1 Å². The molecule has 0 unspecified atom stereocenters. The third-order valence-electron chi connectivity index (χ3n) is 3.38. The molecular weight excluding hydrogens is 284 g/mol. The first-order chi connectivity index (χ1) is 10.5. The van der Waals surface area contributed by atoms with Crippen LogP contribution in [-0.2, 0) is 4.79 Å². The van der Waals surface area contributed by atoms with E-state index < -0.39 is 11.9 Å². The first-order valence-electron chi connectivity index (χ1n) is 6.72. The van der Waals surface area contributed by atoms with E-state index in [0.29, 0.717) is 0 Å². The van der Waals surface area contributed by atoms with Crippen LogP contribution in [0.3, 0.4) is 0 Å². The molecule has 1 atom stereocenters. The summed E-state index contributed by atoms with van der Waals surface area (Å²) in [6.07, 6.45) is 3.10. The fourth-order valence-corrected chi connectivity index (χ4v) is 2.04. The lowest BCUT2D eigenvalue weighted by Crippen LogP contribution is -2.41. The number of urea groups is 1. The van der Waals surface area contributed by atoms with Crippen molar-refractivity contribution in [3.8, 4) is 5.69 Å². The Morgan fingerprint density at radius 1 is 1.36 bits per heavy atom. The van der Waals surface area contributed by atoms with Gasteiger partial charge in [0.2, 0.25) is 5.91 Å². The number of amides is 3. The minimum Gasteiger partial charge on any atom is -0.351 e. The molecule has 8 nitrogen and oxygen atoms in total. The smallest absolute Gasteiger partial charge is 0.318 e. The number of benzene rings is 1. The molecule has 1 aromatic carbocycles. The molecule has 1 aromatic heterocycles. The van der Waals surface area contributed by atoms with Gasteiger partial charge >= 0.3 is 6.03 Å². The quantitative estimate of drug-likeness (QED) is 0.834. The summed E-state index contributed by atoms with van der Waals surface area (Å²) in [7, 11) is 1.80. The Balaban J connectivity index is 2.01. The van der Waals surface area contributed by atoms with Crippen LogP contribution in [0.25, 0.3) is 5.69 Å².